The Labute approximate surface area is 118 Å². The summed E-state index contributed by atoms with van der Waals surface area (Å²) in [6, 6.07) is -0.494. The van der Waals surface area contributed by atoms with Crippen molar-refractivity contribution in [3.05, 3.63) is 0 Å². The van der Waals surface area contributed by atoms with Crippen LogP contribution in [0.3, 0.4) is 0 Å². The first-order chi connectivity index (χ1) is 9.30. The fourth-order valence-electron chi connectivity index (χ4n) is 2.20. The molecule has 1 fully saturated rings. The first kappa shape index (κ1) is 16.3. The van der Waals surface area contributed by atoms with Gasteiger partial charge >= 0.3 is 12.0 Å². The first-order valence-electron chi connectivity index (χ1n) is 6.84. The molecule has 1 aliphatic rings. The number of likely N-dealkylation sites (N-methyl/N-ethyl adjacent to an activating group) is 1. The lowest BCUT2D eigenvalue weighted by atomic mass is 9.96. The lowest BCUT2D eigenvalue weighted by Gasteiger charge is -2.29. The number of nitrogens with one attached hydrogen (secondary N) is 1. The SMILES string of the molecule is CCCC(C)(NC(=O)N1CCCN(C)C(=O)C1)C(=O)O. The second-order valence-electron chi connectivity index (χ2n) is 5.41. The third kappa shape index (κ3) is 3.85. The minimum atomic E-state index is -1.30. The van der Waals surface area contributed by atoms with Gasteiger partial charge in [0.1, 0.15) is 12.1 Å². The van der Waals surface area contributed by atoms with Gasteiger partial charge in [-0.15, -0.1) is 0 Å². The Hall–Kier alpha value is -1.79. The van der Waals surface area contributed by atoms with E-state index in [2.05, 4.69) is 5.32 Å². The van der Waals surface area contributed by atoms with Crippen LogP contribution in [-0.2, 0) is 9.59 Å². The molecule has 1 unspecified atom stereocenters. The lowest BCUT2D eigenvalue weighted by Crippen LogP contribution is -2.56. The number of urea groups is 1. The molecule has 1 saturated heterocycles. The van der Waals surface area contributed by atoms with Crippen molar-refractivity contribution >= 4 is 17.9 Å². The number of carbonyl (C=O) groups is 3. The summed E-state index contributed by atoms with van der Waals surface area (Å²) in [4.78, 5) is 38.2. The van der Waals surface area contributed by atoms with Crippen molar-refractivity contribution in [3.63, 3.8) is 0 Å². The summed E-state index contributed by atoms with van der Waals surface area (Å²) >= 11 is 0. The molecular formula is C13H23N3O4. The zero-order valence-corrected chi connectivity index (χ0v) is 12.3. The average Bonchev–Trinajstić information content (AvgIpc) is 2.52. The van der Waals surface area contributed by atoms with Crippen LogP contribution < -0.4 is 5.32 Å². The minimum absolute atomic E-state index is 0.00976. The van der Waals surface area contributed by atoms with Gasteiger partial charge in [-0.05, 0) is 19.8 Å². The van der Waals surface area contributed by atoms with Crippen LogP contribution in [0.4, 0.5) is 4.79 Å². The molecule has 0 aromatic heterocycles. The highest BCUT2D eigenvalue weighted by molar-refractivity contribution is 5.88. The maximum absolute atomic E-state index is 12.2. The Balaban J connectivity index is 2.73. The summed E-state index contributed by atoms with van der Waals surface area (Å²) in [6.07, 6.45) is 1.67. The van der Waals surface area contributed by atoms with Crippen LogP contribution >= 0.6 is 0 Å². The van der Waals surface area contributed by atoms with Gasteiger partial charge < -0.3 is 20.2 Å². The Bertz CT molecular complexity index is 399. The van der Waals surface area contributed by atoms with Crippen molar-refractivity contribution in [2.45, 2.75) is 38.6 Å². The number of nitrogens with zero attached hydrogens (tertiary/aromatic N) is 2. The molecule has 1 atom stereocenters. The number of hydrogen-bond donors (Lipinski definition) is 2. The summed E-state index contributed by atoms with van der Waals surface area (Å²) in [5, 5.41) is 11.8. The standard InChI is InChI=1S/C13H23N3O4/c1-4-6-13(2,11(18)19)14-12(20)16-8-5-7-15(3)10(17)9-16/h4-9H2,1-3H3,(H,14,20)(H,18,19). The van der Waals surface area contributed by atoms with Gasteiger partial charge in [0.25, 0.3) is 0 Å². The van der Waals surface area contributed by atoms with E-state index in [4.69, 9.17) is 0 Å². The number of carboxylic acid groups (broad SMARTS) is 1. The van der Waals surface area contributed by atoms with Gasteiger partial charge in [-0.3, -0.25) is 4.79 Å². The highest BCUT2D eigenvalue weighted by atomic mass is 16.4. The largest absolute Gasteiger partial charge is 0.480 e. The molecule has 7 heteroatoms. The molecule has 0 aromatic rings. The minimum Gasteiger partial charge on any atom is -0.480 e. The Morgan fingerprint density at radius 2 is 2.05 bits per heavy atom. The molecule has 114 valence electrons. The quantitative estimate of drug-likeness (QED) is 0.787. The van der Waals surface area contributed by atoms with Crippen LogP contribution in [0.2, 0.25) is 0 Å². The number of amides is 3. The molecule has 2 N–H and O–H groups in total. The number of aliphatic carboxylic acids is 1. The van der Waals surface area contributed by atoms with E-state index in [0.717, 1.165) is 0 Å². The van der Waals surface area contributed by atoms with Crippen molar-refractivity contribution in [2.75, 3.05) is 26.7 Å². The zero-order valence-electron chi connectivity index (χ0n) is 12.3. The van der Waals surface area contributed by atoms with E-state index < -0.39 is 17.5 Å². The molecule has 0 bridgehead atoms. The van der Waals surface area contributed by atoms with Crippen LogP contribution in [0.25, 0.3) is 0 Å². The van der Waals surface area contributed by atoms with Gasteiger partial charge in [0.15, 0.2) is 0 Å². The van der Waals surface area contributed by atoms with E-state index >= 15 is 0 Å². The lowest BCUT2D eigenvalue weighted by molar-refractivity contribution is -0.144. The Kier molecular flexibility index (Phi) is 5.35. The monoisotopic (exact) mass is 285 g/mol. The fraction of sp³-hybridized carbons (Fsp3) is 0.769. The molecule has 20 heavy (non-hydrogen) atoms. The summed E-state index contributed by atoms with van der Waals surface area (Å²) < 4.78 is 0. The molecular weight excluding hydrogens is 262 g/mol. The third-order valence-corrected chi connectivity index (χ3v) is 3.57. The van der Waals surface area contributed by atoms with Gasteiger partial charge in [0.05, 0.1) is 0 Å². The van der Waals surface area contributed by atoms with Gasteiger partial charge in [0.2, 0.25) is 5.91 Å². The molecule has 7 nitrogen and oxygen atoms in total. The number of carbonyl (C=O) groups excluding carboxylic acids is 2. The maximum atomic E-state index is 12.2. The van der Waals surface area contributed by atoms with Crippen LogP contribution in [0.15, 0.2) is 0 Å². The molecule has 1 aliphatic heterocycles. The molecule has 0 spiro atoms. The van der Waals surface area contributed by atoms with Crippen LogP contribution in [0, 0.1) is 0 Å². The van der Waals surface area contributed by atoms with E-state index in [1.54, 1.807) is 11.9 Å². The van der Waals surface area contributed by atoms with Crippen LogP contribution in [0.1, 0.15) is 33.1 Å². The molecule has 0 aliphatic carbocycles. The van der Waals surface area contributed by atoms with Crippen molar-refractivity contribution in [3.8, 4) is 0 Å². The molecule has 3 amide bonds. The van der Waals surface area contributed by atoms with E-state index in [9.17, 15) is 19.5 Å². The number of carboxylic acids is 1. The fourth-order valence-corrected chi connectivity index (χ4v) is 2.20. The van der Waals surface area contributed by atoms with Crippen molar-refractivity contribution in [1.29, 1.82) is 0 Å². The smallest absolute Gasteiger partial charge is 0.329 e. The Morgan fingerprint density at radius 1 is 1.40 bits per heavy atom. The summed E-state index contributed by atoms with van der Waals surface area (Å²) in [5.74, 6) is -1.20. The summed E-state index contributed by atoms with van der Waals surface area (Å²) in [5.41, 5.74) is -1.30. The van der Waals surface area contributed by atoms with E-state index in [0.29, 0.717) is 32.4 Å². The van der Waals surface area contributed by atoms with Crippen LogP contribution in [0.5, 0.6) is 0 Å². The molecule has 1 heterocycles. The van der Waals surface area contributed by atoms with Gasteiger partial charge in [-0.1, -0.05) is 13.3 Å². The average molecular weight is 285 g/mol. The normalized spacial score (nSPS) is 19.2. The van der Waals surface area contributed by atoms with Crippen molar-refractivity contribution in [2.24, 2.45) is 0 Å². The third-order valence-electron chi connectivity index (χ3n) is 3.57. The highest BCUT2D eigenvalue weighted by Gasteiger charge is 2.36. The topological polar surface area (TPSA) is 90.0 Å². The maximum Gasteiger partial charge on any atom is 0.329 e. The molecule has 0 saturated carbocycles. The predicted molar refractivity (Wildman–Crippen MR) is 73.3 cm³/mol. The van der Waals surface area contributed by atoms with Gasteiger partial charge in [-0.2, -0.15) is 0 Å². The number of rotatable bonds is 4. The van der Waals surface area contributed by atoms with Gasteiger partial charge in [0, 0.05) is 20.1 Å². The van der Waals surface area contributed by atoms with Crippen LogP contribution in [-0.4, -0.2) is 65.0 Å². The van der Waals surface area contributed by atoms with Crippen molar-refractivity contribution in [1.82, 2.24) is 15.1 Å². The second-order valence-corrected chi connectivity index (χ2v) is 5.41. The molecule has 0 aromatic carbocycles. The summed E-state index contributed by atoms with van der Waals surface area (Å²) in [7, 11) is 1.70. The van der Waals surface area contributed by atoms with E-state index in [1.807, 2.05) is 6.92 Å². The number of hydrogen-bond acceptors (Lipinski definition) is 3. The first-order valence-corrected chi connectivity index (χ1v) is 6.84. The second kappa shape index (κ2) is 6.58. The summed E-state index contributed by atoms with van der Waals surface area (Å²) in [6.45, 7) is 4.39. The van der Waals surface area contributed by atoms with Gasteiger partial charge in [-0.25, -0.2) is 9.59 Å². The zero-order chi connectivity index (χ0) is 15.3. The highest BCUT2D eigenvalue weighted by Crippen LogP contribution is 2.14. The molecule has 0 radical (unpaired) electrons. The predicted octanol–water partition coefficient (Wildman–Crippen LogP) is 0.504. The Morgan fingerprint density at radius 3 is 2.60 bits per heavy atom. The van der Waals surface area contributed by atoms with Crippen molar-refractivity contribution < 1.29 is 19.5 Å². The molecule has 1 rings (SSSR count). The van der Waals surface area contributed by atoms with E-state index in [1.165, 1.54) is 11.8 Å². The van der Waals surface area contributed by atoms with E-state index in [-0.39, 0.29) is 12.5 Å².